The van der Waals surface area contributed by atoms with Crippen LogP contribution in [0.2, 0.25) is 0 Å². The molecule has 0 aliphatic rings. The molecule has 0 saturated carbocycles. The summed E-state index contributed by atoms with van der Waals surface area (Å²) in [7, 11) is 0. The van der Waals surface area contributed by atoms with Crippen molar-refractivity contribution in [3.8, 4) is 22.3 Å². The predicted molar refractivity (Wildman–Crippen MR) is 131 cm³/mol. The van der Waals surface area contributed by atoms with Gasteiger partial charge in [-0.15, -0.1) is 11.3 Å². The molecule has 0 radical (unpaired) electrons. The summed E-state index contributed by atoms with van der Waals surface area (Å²) in [5.74, 6) is 2.37. The maximum Gasteiger partial charge on any atom is 0.226 e. The van der Waals surface area contributed by atoms with E-state index in [4.69, 9.17) is 9.15 Å². The van der Waals surface area contributed by atoms with Gasteiger partial charge in [-0.2, -0.15) is 0 Å². The van der Waals surface area contributed by atoms with Gasteiger partial charge in [0.25, 0.3) is 0 Å². The van der Waals surface area contributed by atoms with Gasteiger partial charge in [0.2, 0.25) is 5.89 Å². The minimum Gasteiger partial charge on any atom is -0.493 e. The molecule has 3 aromatic heterocycles. The molecule has 0 aliphatic heterocycles. The van der Waals surface area contributed by atoms with E-state index in [9.17, 15) is 0 Å². The highest BCUT2D eigenvalue weighted by Gasteiger charge is 2.12. The first kappa shape index (κ1) is 21.2. The van der Waals surface area contributed by atoms with E-state index in [2.05, 4.69) is 46.0 Å². The number of aryl methyl sites for hydroxylation is 2. The molecule has 5 aromatic rings. The van der Waals surface area contributed by atoms with Crippen molar-refractivity contribution in [2.75, 3.05) is 6.61 Å². The third-order valence-corrected chi connectivity index (χ3v) is 6.37. The molecule has 5 nitrogen and oxygen atoms in total. The summed E-state index contributed by atoms with van der Waals surface area (Å²) in [4.78, 5) is 9.06. The van der Waals surface area contributed by atoms with Crippen LogP contribution in [0.1, 0.15) is 28.1 Å². The molecule has 33 heavy (non-hydrogen) atoms. The predicted octanol–water partition coefficient (Wildman–Crippen LogP) is 6.42. The van der Waals surface area contributed by atoms with E-state index in [0.717, 1.165) is 34.3 Å². The second-order valence-electron chi connectivity index (χ2n) is 8.00. The van der Waals surface area contributed by atoms with E-state index in [1.54, 1.807) is 11.3 Å². The van der Waals surface area contributed by atoms with Gasteiger partial charge in [0.1, 0.15) is 11.5 Å². The van der Waals surface area contributed by atoms with Gasteiger partial charge in [0, 0.05) is 36.0 Å². The third kappa shape index (κ3) is 4.91. The van der Waals surface area contributed by atoms with Crippen molar-refractivity contribution in [2.24, 2.45) is 0 Å². The normalized spacial score (nSPS) is 11.1. The summed E-state index contributed by atoms with van der Waals surface area (Å²) >= 11 is 1.64. The van der Waals surface area contributed by atoms with Crippen molar-refractivity contribution < 1.29 is 9.15 Å². The Morgan fingerprint density at radius 1 is 1.03 bits per heavy atom. The third-order valence-electron chi connectivity index (χ3n) is 5.59. The number of rotatable bonds is 8. The Morgan fingerprint density at radius 3 is 2.73 bits per heavy atom. The molecule has 0 unspecified atom stereocenters. The minimum atomic E-state index is 0.546. The van der Waals surface area contributed by atoms with E-state index >= 15 is 0 Å². The summed E-state index contributed by atoms with van der Waals surface area (Å²) in [6.07, 6.45) is 7.68. The van der Waals surface area contributed by atoms with Crippen LogP contribution in [-0.4, -0.2) is 21.1 Å². The Labute approximate surface area is 197 Å². The Bertz CT molecular complexity index is 1340. The lowest BCUT2D eigenvalue weighted by atomic mass is 10.0. The van der Waals surface area contributed by atoms with Gasteiger partial charge in [0.05, 0.1) is 12.3 Å². The van der Waals surface area contributed by atoms with Gasteiger partial charge < -0.3 is 9.15 Å². The fourth-order valence-corrected chi connectivity index (χ4v) is 4.42. The molecular weight excluding hydrogens is 430 g/mol. The van der Waals surface area contributed by atoms with Crippen molar-refractivity contribution in [1.82, 2.24) is 14.5 Å². The van der Waals surface area contributed by atoms with Gasteiger partial charge in [-0.05, 0) is 61.2 Å². The number of nitrogens with zero attached hydrogens (tertiary/aromatic N) is 3. The highest BCUT2D eigenvalue weighted by molar-refractivity contribution is 7.12. The van der Waals surface area contributed by atoms with Gasteiger partial charge in [-0.1, -0.05) is 30.3 Å². The zero-order chi connectivity index (χ0) is 22.6. The molecule has 0 aliphatic carbocycles. The van der Waals surface area contributed by atoms with Crippen LogP contribution in [0.15, 0.2) is 83.0 Å². The zero-order valence-electron chi connectivity index (χ0n) is 18.7. The Kier molecular flexibility index (Phi) is 6.09. The van der Waals surface area contributed by atoms with Gasteiger partial charge in [-0.3, -0.25) is 4.57 Å². The SMILES string of the molecule is Cc1cn(-c2nccs2)cc1Cc1cccc(OCCc2nc(-c3ccccc3)oc2C)c1. The Hall–Kier alpha value is -3.64. The van der Waals surface area contributed by atoms with Crippen molar-refractivity contribution >= 4 is 11.3 Å². The molecule has 0 spiro atoms. The van der Waals surface area contributed by atoms with Gasteiger partial charge >= 0.3 is 0 Å². The maximum absolute atomic E-state index is 6.06. The number of aromatic nitrogens is 3. The van der Waals surface area contributed by atoms with Crippen LogP contribution in [0.3, 0.4) is 0 Å². The first-order valence-corrected chi connectivity index (χ1v) is 11.8. The summed E-state index contributed by atoms with van der Waals surface area (Å²) in [5, 5.41) is 2.98. The lowest BCUT2D eigenvalue weighted by molar-refractivity contribution is 0.319. The Morgan fingerprint density at radius 2 is 1.91 bits per heavy atom. The zero-order valence-corrected chi connectivity index (χ0v) is 19.5. The van der Waals surface area contributed by atoms with Crippen molar-refractivity contribution in [3.63, 3.8) is 0 Å². The van der Waals surface area contributed by atoms with Crippen LogP contribution in [0.25, 0.3) is 16.6 Å². The van der Waals surface area contributed by atoms with Crippen LogP contribution in [-0.2, 0) is 12.8 Å². The standard InChI is InChI=1S/C27H25N3O2S/c1-19-17-30(27-28-12-14-33-27)18-23(19)15-21-7-6-10-24(16-21)31-13-11-25-20(2)32-26(29-25)22-8-4-3-5-9-22/h3-10,12,14,16-18H,11,13,15H2,1-2H3. The molecule has 166 valence electrons. The first-order valence-electron chi connectivity index (χ1n) is 11.0. The van der Waals surface area contributed by atoms with Gasteiger partial charge in [0.15, 0.2) is 5.13 Å². The average molecular weight is 456 g/mol. The fourth-order valence-electron chi connectivity index (χ4n) is 3.83. The quantitative estimate of drug-likeness (QED) is 0.271. The van der Waals surface area contributed by atoms with Crippen LogP contribution < -0.4 is 4.74 Å². The van der Waals surface area contributed by atoms with Crippen LogP contribution >= 0.6 is 11.3 Å². The number of hydrogen-bond acceptors (Lipinski definition) is 5. The van der Waals surface area contributed by atoms with Crippen LogP contribution in [0.4, 0.5) is 0 Å². The van der Waals surface area contributed by atoms with E-state index in [0.29, 0.717) is 18.9 Å². The van der Waals surface area contributed by atoms with E-state index < -0.39 is 0 Å². The fraction of sp³-hybridized carbons (Fsp3) is 0.185. The molecule has 0 N–H and O–H groups in total. The number of ether oxygens (including phenoxy) is 1. The summed E-state index contributed by atoms with van der Waals surface area (Å²) < 4.78 is 14.0. The number of hydrogen-bond donors (Lipinski definition) is 0. The van der Waals surface area contributed by atoms with Crippen LogP contribution in [0, 0.1) is 13.8 Å². The molecule has 2 aromatic carbocycles. The first-order chi connectivity index (χ1) is 16.2. The van der Waals surface area contributed by atoms with Crippen molar-refractivity contribution in [1.29, 1.82) is 0 Å². The number of oxazole rings is 1. The molecular formula is C27H25N3O2S. The van der Waals surface area contributed by atoms with Crippen LogP contribution in [0.5, 0.6) is 5.75 Å². The highest BCUT2D eigenvalue weighted by atomic mass is 32.1. The summed E-state index contributed by atoms with van der Waals surface area (Å²) in [6, 6.07) is 18.3. The molecule has 0 atom stereocenters. The smallest absolute Gasteiger partial charge is 0.226 e. The second kappa shape index (κ2) is 9.46. The summed E-state index contributed by atoms with van der Waals surface area (Å²) in [5.41, 5.74) is 5.68. The lowest BCUT2D eigenvalue weighted by Gasteiger charge is -2.08. The van der Waals surface area contributed by atoms with Crippen molar-refractivity contribution in [2.45, 2.75) is 26.7 Å². The van der Waals surface area contributed by atoms with E-state index in [1.165, 1.54) is 16.7 Å². The molecule has 0 bridgehead atoms. The van der Waals surface area contributed by atoms with Gasteiger partial charge in [-0.25, -0.2) is 9.97 Å². The van der Waals surface area contributed by atoms with Crippen molar-refractivity contribution in [3.05, 3.63) is 107 Å². The Balaban J connectivity index is 1.22. The largest absolute Gasteiger partial charge is 0.493 e. The molecule has 3 heterocycles. The minimum absolute atomic E-state index is 0.546. The van der Waals surface area contributed by atoms with E-state index in [1.807, 2.05) is 61.0 Å². The average Bonchev–Trinajstić information content (AvgIpc) is 3.56. The molecule has 0 amide bonds. The maximum atomic E-state index is 6.06. The molecule has 0 saturated heterocycles. The number of thiazole rings is 1. The lowest BCUT2D eigenvalue weighted by Crippen LogP contribution is -2.03. The highest BCUT2D eigenvalue weighted by Crippen LogP contribution is 2.24. The molecule has 6 heteroatoms. The second-order valence-corrected chi connectivity index (χ2v) is 8.87. The van der Waals surface area contributed by atoms with E-state index in [-0.39, 0.29) is 0 Å². The summed E-state index contributed by atoms with van der Waals surface area (Å²) in [6.45, 7) is 4.64. The monoisotopic (exact) mass is 455 g/mol. The topological polar surface area (TPSA) is 53.1 Å². The molecule has 5 rings (SSSR count). The number of benzene rings is 2. The molecule has 0 fully saturated rings.